The van der Waals surface area contributed by atoms with Crippen LogP contribution in [0.5, 0.6) is 0 Å². The van der Waals surface area contributed by atoms with Crippen molar-refractivity contribution in [1.29, 1.82) is 0 Å². The summed E-state index contributed by atoms with van der Waals surface area (Å²) in [5, 5.41) is 9.61. The predicted octanol–water partition coefficient (Wildman–Crippen LogP) is 1.56. The second-order valence-electron chi connectivity index (χ2n) is 3.73. The lowest BCUT2D eigenvalue weighted by Crippen LogP contribution is -2.20. The Morgan fingerprint density at radius 3 is 2.33 bits per heavy atom. The molecule has 0 spiro atoms. The average molecular weight is 126 g/mol. The summed E-state index contributed by atoms with van der Waals surface area (Å²) >= 11 is 0. The Morgan fingerprint density at radius 1 is 1.44 bits per heavy atom. The zero-order valence-electron chi connectivity index (χ0n) is 5.93. The Bertz CT molecular complexity index is 123. The molecular weight excluding hydrogens is 112 g/mol. The van der Waals surface area contributed by atoms with Crippen LogP contribution >= 0.6 is 0 Å². The van der Waals surface area contributed by atoms with Gasteiger partial charge in [0.25, 0.3) is 0 Å². The van der Waals surface area contributed by atoms with Crippen LogP contribution in [0.1, 0.15) is 32.6 Å². The summed E-state index contributed by atoms with van der Waals surface area (Å²) in [6, 6.07) is 0. The van der Waals surface area contributed by atoms with Crippen molar-refractivity contribution in [2.24, 2.45) is 11.8 Å². The summed E-state index contributed by atoms with van der Waals surface area (Å²) in [4.78, 5) is 0. The van der Waals surface area contributed by atoms with Gasteiger partial charge in [0.15, 0.2) is 0 Å². The van der Waals surface area contributed by atoms with Crippen molar-refractivity contribution in [2.45, 2.75) is 38.2 Å². The van der Waals surface area contributed by atoms with Crippen LogP contribution in [0.2, 0.25) is 0 Å². The predicted molar refractivity (Wildman–Crippen MR) is 36.1 cm³/mol. The van der Waals surface area contributed by atoms with Gasteiger partial charge in [0.2, 0.25) is 0 Å². The van der Waals surface area contributed by atoms with Gasteiger partial charge < -0.3 is 5.11 Å². The van der Waals surface area contributed by atoms with E-state index in [1.54, 1.807) is 0 Å². The van der Waals surface area contributed by atoms with Gasteiger partial charge in [-0.25, -0.2) is 0 Å². The standard InChI is InChI=1S/C8H14O/c1-6(7-2-3-7)8(9)4-5-8/h6-7,9H,2-5H2,1H3. The van der Waals surface area contributed by atoms with E-state index in [1.807, 2.05) is 0 Å². The summed E-state index contributed by atoms with van der Waals surface area (Å²) in [6.45, 7) is 2.20. The lowest BCUT2D eigenvalue weighted by molar-refractivity contribution is 0.0797. The summed E-state index contributed by atoms with van der Waals surface area (Å²) < 4.78 is 0. The van der Waals surface area contributed by atoms with E-state index in [2.05, 4.69) is 6.92 Å². The van der Waals surface area contributed by atoms with E-state index in [0.717, 1.165) is 18.8 Å². The lowest BCUT2D eigenvalue weighted by Gasteiger charge is -2.15. The van der Waals surface area contributed by atoms with Crippen LogP contribution in [-0.2, 0) is 0 Å². The van der Waals surface area contributed by atoms with E-state index in [1.165, 1.54) is 12.8 Å². The molecule has 0 radical (unpaired) electrons. The third-order valence-corrected chi connectivity index (χ3v) is 2.94. The van der Waals surface area contributed by atoms with Crippen LogP contribution in [0, 0.1) is 11.8 Å². The first kappa shape index (κ1) is 5.72. The van der Waals surface area contributed by atoms with Crippen molar-refractivity contribution in [1.82, 2.24) is 0 Å². The minimum absolute atomic E-state index is 0.207. The van der Waals surface area contributed by atoms with E-state index < -0.39 is 0 Å². The number of rotatable bonds is 2. The second-order valence-corrected chi connectivity index (χ2v) is 3.73. The van der Waals surface area contributed by atoms with Gasteiger partial charge in [0, 0.05) is 0 Å². The molecular formula is C8H14O. The number of aliphatic hydroxyl groups is 1. The third kappa shape index (κ3) is 0.877. The fourth-order valence-electron chi connectivity index (χ4n) is 1.62. The molecule has 0 bridgehead atoms. The van der Waals surface area contributed by atoms with E-state index in [4.69, 9.17) is 0 Å². The lowest BCUT2D eigenvalue weighted by atomic mass is 9.97. The van der Waals surface area contributed by atoms with Crippen molar-refractivity contribution < 1.29 is 5.11 Å². The second kappa shape index (κ2) is 1.51. The molecule has 1 N–H and O–H groups in total. The minimum atomic E-state index is -0.207. The smallest absolute Gasteiger partial charge is 0.0678 e. The summed E-state index contributed by atoms with van der Waals surface area (Å²) in [6.07, 6.45) is 4.85. The highest BCUT2D eigenvalue weighted by Gasteiger charge is 2.50. The molecule has 1 unspecified atom stereocenters. The van der Waals surface area contributed by atoms with Crippen LogP contribution in [-0.4, -0.2) is 10.7 Å². The molecule has 1 atom stereocenters. The van der Waals surface area contributed by atoms with E-state index in [-0.39, 0.29) is 5.60 Å². The SMILES string of the molecule is CC(C1CC1)C1(O)CC1. The molecule has 0 aromatic heterocycles. The minimum Gasteiger partial charge on any atom is -0.390 e. The third-order valence-electron chi connectivity index (χ3n) is 2.94. The van der Waals surface area contributed by atoms with Crippen LogP contribution in [0.3, 0.4) is 0 Å². The topological polar surface area (TPSA) is 20.2 Å². The fraction of sp³-hybridized carbons (Fsp3) is 1.00. The Hall–Kier alpha value is -0.0400. The molecule has 0 saturated heterocycles. The highest BCUT2D eigenvalue weighted by molar-refractivity contribution is 5.02. The van der Waals surface area contributed by atoms with Gasteiger partial charge in [-0.3, -0.25) is 0 Å². The molecule has 2 saturated carbocycles. The Labute approximate surface area is 56.1 Å². The Morgan fingerprint density at radius 2 is 2.00 bits per heavy atom. The van der Waals surface area contributed by atoms with Crippen molar-refractivity contribution in [3.63, 3.8) is 0 Å². The molecule has 0 aromatic carbocycles. The van der Waals surface area contributed by atoms with E-state index in [9.17, 15) is 5.11 Å². The van der Waals surface area contributed by atoms with Gasteiger partial charge >= 0.3 is 0 Å². The number of hydrogen-bond acceptors (Lipinski definition) is 1. The molecule has 1 nitrogen and oxygen atoms in total. The molecule has 0 amide bonds. The van der Waals surface area contributed by atoms with Crippen LogP contribution in [0.25, 0.3) is 0 Å². The van der Waals surface area contributed by atoms with Crippen molar-refractivity contribution in [3.05, 3.63) is 0 Å². The molecule has 2 fully saturated rings. The van der Waals surface area contributed by atoms with Gasteiger partial charge in [-0.1, -0.05) is 6.92 Å². The first-order chi connectivity index (χ1) is 4.22. The summed E-state index contributed by atoms with van der Waals surface area (Å²) in [5.74, 6) is 1.47. The molecule has 2 aliphatic carbocycles. The van der Waals surface area contributed by atoms with Gasteiger partial charge in [0.05, 0.1) is 5.60 Å². The first-order valence-electron chi connectivity index (χ1n) is 3.95. The molecule has 0 aromatic rings. The van der Waals surface area contributed by atoms with Gasteiger partial charge in [-0.2, -0.15) is 0 Å². The van der Waals surface area contributed by atoms with E-state index in [0.29, 0.717) is 5.92 Å². The maximum absolute atomic E-state index is 9.61. The Kier molecular flexibility index (Phi) is 0.963. The molecule has 9 heavy (non-hydrogen) atoms. The monoisotopic (exact) mass is 126 g/mol. The van der Waals surface area contributed by atoms with Gasteiger partial charge in [0.1, 0.15) is 0 Å². The van der Waals surface area contributed by atoms with Gasteiger partial charge in [-0.15, -0.1) is 0 Å². The molecule has 2 rings (SSSR count). The maximum atomic E-state index is 9.61. The maximum Gasteiger partial charge on any atom is 0.0678 e. The Balaban J connectivity index is 1.95. The highest BCUT2D eigenvalue weighted by Crippen LogP contribution is 2.51. The largest absolute Gasteiger partial charge is 0.390 e. The van der Waals surface area contributed by atoms with Crippen LogP contribution < -0.4 is 0 Å². The normalized spacial score (nSPS) is 34.0. The first-order valence-corrected chi connectivity index (χ1v) is 3.95. The molecule has 52 valence electrons. The van der Waals surface area contributed by atoms with Crippen LogP contribution in [0.4, 0.5) is 0 Å². The summed E-state index contributed by atoms with van der Waals surface area (Å²) in [5.41, 5.74) is -0.207. The zero-order chi connectivity index (χ0) is 6.48. The van der Waals surface area contributed by atoms with Gasteiger partial charge in [-0.05, 0) is 37.5 Å². The quantitative estimate of drug-likeness (QED) is 0.595. The average Bonchev–Trinajstić information content (AvgIpc) is 2.54. The van der Waals surface area contributed by atoms with Crippen molar-refractivity contribution in [3.8, 4) is 0 Å². The molecule has 0 aliphatic heterocycles. The zero-order valence-corrected chi connectivity index (χ0v) is 5.93. The fourth-order valence-corrected chi connectivity index (χ4v) is 1.62. The number of hydrogen-bond donors (Lipinski definition) is 1. The molecule has 0 heterocycles. The van der Waals surface area contributed by atoms with Crippen LogP contribution in [0.15, 0.2) is 0 Å². The molecule has 1 heteroatoms. The van der Waals surface area contributed by atoms with Crippen molar-refractivity contribution >= 4 is 0 Å². The van der Waals surface area contributed by atoms with E-state index >= 15 is 0 Å². The summed E-state index contributed by atoms with van der Waals surface area (Å²) in [7, 11) is 0. The highest BCUT2D eigenvalue weighted by atomic mass is 16.3. The van der Waals surface area contributed by atoms with Crippen molar-refractivity contribution in [2.75, 3.05) is 0 Å². The molecule has 2 aliphatic rings.